The predicted molar refractivity (Wildman–Crippen MR) is 134 cm³/mol. The number of anilines is 2. The fourth-order valence-electron chi connectivity index (χ4n) is 4.16. The molecule has 34 heavy (non-hydrogen) atoms. The third-order valence-corrected chi connectivity index (χ3v) is 7.00. The van der Waals surface area contributed by atoms with Gasteiger partial charge in [-0.1, -0.05) is 60.7 Å². The van der Waals surface area contributed by atoms with E-state index in [0.29, 0.717) is 22.9 Å². The van der Waals surface area contributed by atoms with E-state index < -0.39 is 0 Å². The van der Waals surface area contributed by atoms with Crippen molar-refractivity contribution < 1.29 is 14.4 Å². The maximum Gasteiger partial charge on any atom is 0.260 e. The van der Waals surface area contributed by atoms with Gasteiger partial charge in [0.25, 0.3) is 5.91 Å². The van der Waals surface area contributed by atoms with Crippen molar-refractivity contribution in [1.29, 1.82) is 0 Å². The fraction of sp³-hybridized carbons (Fsp3) is 0.185. The maximum absolute atomic E-state index is 13.7. The number of hydrogen-bond acceptors (Lipinski definition) is 5. The zero-order valence-electron chi connectivity index (χ0n) is 18.7. The average molecular weight is 470 g/mol. The van der Waals surface area contributed by atoms with Crippen molar-refractivity contribution in [3.8, 4) is 0 Å². The first kappa shape index (κ1) is 22.0. The molecular weight excluding hydrogens is 446 g/mol. The summed E-state index contributed by atoms with van der Waals surface area (Å²) in [5, 5.41) is 0.638. The molecule has 5 rings (SSSR count). The predicted octanol–water partition coefficient (Wildman–Crippen LogP) is 5.36. The van der Waals surface area contributed by atoms with Gasteiger partial charge in [-0.25, -0.2) is 4.98 Å². The molecule has 4 aromatic rings. The molecule has 1 fully saturated rings. The summed E-state index contributed by atoms with van der Waals surface area (Å²) in [5.41, 5.74) is 4.03. The lowest BCUT2D eigenvalue weighted by molar-refractivity contribution is -0.121. The summed E-state index contributed by atoms with van der Waals surface area (Å²) in [5.74, 6) is -0.612. The van der Waals surface area contributed by atoms with Crippen LogP contribution in [0, 0.1) is 0 Å². The smallest absolute Gasteiger partial charge is 0.260 e. The average Bonchev–Trinajstić information content (AvgIpc) is 3.45. The summed E-state index contributed by atoms with van der Waals surface area (Å²) in [4.78, 5) is 45.5. The number of aromatic nitrogens is 1. The van der Waals surface area contributed by atoms with Gasteiger partial charge in [-0.05, 0) is 47.9 Å². The van der Waals surface area contributed by atoms with Crippen LogP contribution >= 0.6 is 11.3 Å². The SMILES string of the molecule is CCc1cccc2sc(N(Cc3ccccc3)C(=O)c3ccc(N4C(=O)CCC4=O)cc3)nc12. The van der Waals surface area contributed by atoms with Gasteiger partial charge in [0, 0.05) is 18.4 Å². The van der Waals surface area contributed by atoms with Crippen LogP contribution in [0.25, 0.3) is 10.2 Å². The van der Waals surface area contributed by atoms with E-state index in [1.54, 1.807) is 29.2 Å². The Kier molecular flexibility index (Phi) is 5.94. The molecule has 7 heteroatoms. The Morgan fingerprint density at radius 3 is 2.32 bits per heavy atom. The lowest BCUT2D eigenvalue weighted by Gasteiger charge is -2.21. The molecule has 0 aliphatic carbocycles. The summed E-state index contributed by atoms with van der Waals surface area (Å²) in [7, 11) is 0. The molecule has 3 aromatic carbocycles. The maximum atomic E-state index is 13.7. The number of imide groups is 1. The van der Waals surface area contributed by atoms with Crippen LogP contribution in [0.15, 0.2) is 72.8 Å². The van der Waals surface area contributed by atoms with Crippen molar-refractivity contribution >= 4 is 50.1 Å². The lowest BCUT2D eigenvalue weighted by Crippen LogP contribution is -2.31. The zero-order valence-corrected chi connectivity index (χ0v) is 19.5. The molecule has 0 saturated carbocycles. The van der Waals surface area contributed by atoms with E-state index >= 15 is 0 Å². The van der Waals surface area contributed by atoms with Gasteiger partial charge >= 0.3 is 0 Å². The molecule has 1 aliphatic rings. The minimum Gasteiger partial charge on any atom is -0.279 e. The number of thiazole rings is 1. The highest BCUT2D eigenvalue weighted by Gasteiger charge is 2.30. The number of benzene rings is 3. The van der Waals surface area contributed by atoms with Crippen LogP contribution in [0.5, 0.6) is 0 Å². The molecule has 6 nitrogen and oxygen atoms in total. The van der Waals surface area contributed by atoms with Crippen LogP contribution in [-0.2, 0) is 22.6 Å². The second kappa shape index (κ2) is 9.19. The standard InChI is InChI=1S/C27H23N3O3S/c1-2-19-9-6-10-22-25(19)28-27(34-22)29(17-18-7-4-3-5-8-18)26(33)20-11-13-21(14-12-20)30-23(31)15-16-24(30)32/h3-14H,2,15-17H2,1H3. The Balaban J connectivity index is 1.51. The Morgan fingerprint density at radius 2 is 1.65 bits per heavy atom. The van der Waals surface area contributed by atoms with E-state index in [-0.39, 0.29) is 30.6 Å². The Labute approximate surface area is 201 Å². The molecule has 0 atom stereocenters. The van der Waals surface area contributed by atoms with E-state index in [9.17, 15) is 14.4 Å². The normalized spacial score (nSPS) is 13.6. The van der Waals surface area contributed by atoms with E-state index in [2.05, 4.69) is 13.0 Å². The first-order valence-corrected chi connectivity index (χ1v) is 12.1. The Hall–Kier alpha value is -3.84. The van der Waals surface area contributed by atoms with Crippen LogP contribution in [-0.4, -0.2) is 22.7 Å². The molecule has 1 aliphatic heterocycles. The number of carbonyl (C=O) groups is 3. The quantitative estimate of drug-likeness (QED) is 0.357. The highest BCUT2D eigenvalue weighted by molar-refractivity contribution is 7.22. The van der Waals surface area contributed by atoms with Gasteiger partial charge in [-0.15, -0.1) is 0 Å². The van der Waals surface area contributed by atoms with Gasteiger partial charge in [0.2, 0.25) is 11.8 Å². The van der Waals surface area contributed by atoms with Crippen LogP contribution in [0.3, 0.4) is 0 Å². The lowest BCUT2D eigenvalue weighted by atomic mass is 10.1. The second-order valence-electron chi connectivity index (χ2n) is 8.16. The highest BCUT2D eigenvalue weighted by Crippen LogP contribution is 2.33. The van der Waals surface area contributed by atoms with Gasteiger partial charge in [0.15, 0.2) is 5.13 Å². The largest absolute Gasteiger partial charge is 0.279 e. The molecule has 0 radical (unpaired) electrons. The number of fused-ring (bicyclic) bond motifs is 1. The molecule has 0 spiro atoms. The monoisotopic (exact) mass is 469 g/mol. The van der Waals surface area contributed by atoms with Crippen molar-refractivity contribution in [3.05, 3.63) is 89.5 Å². The van der Waals surface area contributed by atoms with Crippen molar-refractivity contribution in [3.63, 3.8) is 0 Å². The summed E-state index contributed by atoms with van der Waals surface area (Å²) in [6.45, 7) is 2.48. The van der Waals surface area contributed by atoms with Gasteiger partial charge in [-0.3, -0.25) is 24.2 Å². The molecule has 170 valence electrons. The van der Waals surface area contributed by atoms with Crippen LogP contribution in [0.1, 0.15) is 41.3 Å². The summed E-state index contributed by atoms with van der Waals surface area (Å²) in [6.07, 6.45) is 1.31. The summed E-state index contributed by atoms with van der Waals surface area (Å²) in [6, 6.07) is 22.6. The van der Waals surface area contributed by atoms with E-state index in [4.69, 9.17) is 4.98 Å². The van der Waals surface area contributed by atoms with Crippen molar-refractivity contribution in [2.45, 2.75) is 32.7 Å². The number of aryl methyl sites for hydroxylation is 1. The van der Waals surface area contributed by atoms with E-state index in [1.807, 2.05) is 42.5 Å². The zero-order chi connectivity index (χ0) is 23.7. The number of carbonyl (C=O) groups excluding carboxylic acids is 3. The number of amides is 3. The number of rotatable bonds is 6. The first-order chi connectivity index (χ1) is 16.5. The van der Waals surface area contributed by atoms with Crippen molar-refractivity contribution in [1.82, 2.24) is 4.98 Å². The molecular formula is C27H23N3O3S. The number of nitrogens with zero attached hydrogens (tertiary/aromatic N) is 3. The van der Waals surface area contributed by atoms with Crippen LogP contribution < -0.4 is 9.80 Å². The number of para-hydroxylation sites is 1. The molecule has 3 amide bonds. The van der Waals surface area contributed by atoms with Crippen LogP contribution in [0.4, 0.5) is 10.8 Å². The minimum atomic E-state index is -0.212. The molecule has 0 bridgehead atoms. The van der Waals surface area contributed by atoms with Gasteiger partial charge in [-0.2, -0.15) is 0 Å². The molecule has 2 heterocycles. The Morgan fingerprint density at radius 1 is 0.941 bits per heavy atom. The fourth-order valence-corrected chi connectivity index (χ4v) is 5.17. The molecule has 1 aromatic heterocycles. The minimum absolute atomic E-state index is 0.188. The number of hydrogen-bond donors (Lipinski definition) is 0. The molecule has 0 unspecified atom stereocenters. The third kappa shape index (κ3) is 4.10. The van der Waals surface area contributed by atoms with E-state index in [0.717, 1.165) is 27.8 Å². The second-order valence-corrected chi connectivity index (χ2v) is 9.17. The van der Waals surface area contributed by atoms with Gasteiger partial charge in [0.05, 0.1) is 22.4 Å². The van der Waals surface area contributed by atoms with Crippen LogP contribution in [0.2, 0.25) is 0 Å². The molecule has 0 N–H and O–H groups in total. The highest BCUT2D eigenvalue weighted by atomic mass is 32.1. The van der Waals surface area contributed by atoms with Crippen molar-refractivity contribution in [2.75, 3.05) is 9.80 Å². The Bertz CT molecular complexity index is 1360. The van der Waals surface area contributed by atoms with Gasteiger partial charge in [0.1, 0.15) is 0 Å². The topological polar surface area (TPSA) is 70.6 Å². The first-order valence-electron chi connectivity index (χ1n) is 11.2. The van der Waals surface area contributed by atoms with Crippen molar-refractivity contribution in [2.24, 2.45) is 0 Å². The third-order valence-electron chi connectivity index (χ3n) is 5.96. The van der Waals surface area contributed by atoms with E-state index in [1.165, 1.54) is 16.2 Å². The van der Waals surface area contributed by atoms with Gasteiger partial charge < -0.3 is 0 Å². The summed E-state index contributed by atoms with van der Waals surface area (Å²) >= 11 is 1.50. The summed E-state index contributed by atoms with van der Waals surface area (Å²) < 4.78 is 1.04. The molecule has 1 saturated heterocycles.